The number of benzene rings is 2. The van der Waals surface area contributed by atoms with Crippen LogP contribution >= 0.6 is 23.8 Å². The monoisotopic (exact) mass is 304 g/mol. The highest BCUT2D eigenvalue weighted by Gasteiger charge is 2.13. The summed E-state index contributed by atoms with van der Waals surface area (Å²) < 4.78 is 7.95. The predicted molar refractivity (Wildman–Crippen MR) is 84.8 cm³/mol. The van der Waals surface area contributed by atoms with Crippen molar-refractivity contribution in [1.82, 2.24) is 9.55 Å². The summed E-state index contributed by atoms with van der Waals surface area (Å²) >= 11 is 11.8. The minimum atomic E-state index is 0.594. The number of hydrogen-bond donors (Lipinski definition) is 1. The van der Waals surface area contributed by atoms with Gasteiger partial charge in [-0.05, 0) is 49.0 Å². The number of aromatic amines is 1. The van der Waals surface area contributed by atoms with Crippen molar-refractivity contribution < 1.29 is 4.74 Å². The fourth-order valence-electron chi connectivity index (χ4n) is 2.32. The van der Waals surface area contributed by atoms with Crippen LogP contribution in [0, 0.1) is 11.7 Å². The number of imidazole rings is 1. The van der Waals surface area contributed by atoms with Crippen LogP contribution in [0.25, 0.3) is 16.7 Å². The standard InChI is InChI=1S/C15H13ClN2OS/c1-9-6-7-13(19-2)12(8-9)18-14-10(16)4-3-5-11(14)17-15(18)20/h3-8H,1-2H3,(H,17,20). The molecule has 0 aliphatic heterocycles. The molecule has 0 fully saturated rings. The Kier molecular flexibility index (Phi) is 3.28. The van der Waals surface area contributed by atoms with Crippen LogP contribution in [0.3, 0.4) is 0 Å². The quantitative estimate of drug-likeness (QED) is 0.698. The van der Waals surface area contributed by atoms with Gasteiger partial charge in [-0.3, -0.25) is 4.57 Å². The number of nitrogens with one attached hydrogen (secondary N) is 1. The second-order valence-electron chi connectivity index (χ2n) is 4.58. The molecule has 3 aromatic rings. The fourth-order valence-corrected chi connectivity index (χ4v) is 2.88. The summed E-state index contributed by atoms with van der Waals surface area (Å²) in [5, 5.41) is 0.651. The molecular weight excluding hydrogens is 292 g/mol. The Morgan fingerprint density at radius 1 is 1.25 bits per heavy atom. The van der Waals surface area contributed by atoms with Crippen LogP contribution in [0.15, 0.2) is 36.4 Å². The largest absolute Gasteiger partial charge is 0.495 e. The van der Waals surface area contributed by atoms with E-state index in [-0.39, 0.29) is 0 Å². The van der Waals surface area contributed by atoms with Crippen LogP contribution in [0.4, 0.5) is 0 Å². The maximum atomic E-state index is 6.33. The van der Waals surface area contributed by atoms with Crippen molar-refractivity contribution in [3.63, 3.8) is 0 Å². The van der Waals surface area contributed by atoms with Gasteiger partial charge < -0.3 is 9.72 Å². The van der Waals surface area contributed by atoms with Crippen molar-refractivity contribution >= 4 is 34.9 Å². The fraction of sp³-hybridized carbons (Fsp3) is 0.133. The minimum absolute atomic E-state index is 0.594. The van der Waals surface area contributed by atoms with Gasteiger partial charge in [-0.25, -0.2) is 0 Å². The molecular formula is C15H13ClN2OS. The third kappa shape index (κ3) is 2.01. The number of H-pyrrole nitrogens is 1. The number of ether oxygens (including phenoxy) is 1. The van der Waals surface area contributed by atoms with Crippen molar-refractivity contribution in [1.29, 1.82) is 0 Å². The van der Waals surface area contributed by atoms with Gasteiger partial charge in [0.1, 0.15) is 5.75 Å². The van der Waals surface area contributed by atoms with Gasteiger partial charge in [-0.15, -0.1) is 0 Å². The summed E-state index contributed by atoms with van der Waals surface area (Å²) in [4.78, 5) is 3.17. The molecule has 1 aromatic heterocycles. The molecule has 5 heteroatoms. The van der Waals surface area contributed by atoms with E-state index in [2.05, 4.69) is 4.98 Å². The van der Waals surface area contributed by atoms with Gasteiger partial charge in [0.15, 0.2) is 4.77 Å². The van der Waals surface area contributed by atoms with Crippen molar-refractivity contribution in [2.45, 2.75) is 6.92 Å². The van der Waals surface area contributed by atoms with Crippen molar-refractivity contribution in [2.24, 2.45) is 0 Å². The normalized spacial score (nSPS) is 10.9. The molecule has 0 saturated heterocycles. The highest BCUT2D eigenvalue weighted by atomic mass is 35.5. The van der Waals surface area contributed by atoms with Gasteiger partial charge in [-0.1, -0.05) is 23.7 Å². The molecule has 0 aliphatic carbocycles. The van der Waals surface area contributed by atoms with Crippen LogP contribution < -0.4 is 4.74 Å². The molecule has 0 unspecified atom stereocenters. The summed E-state index contributed by atoms with van der Waals surface area (Å²) in [5.74, 6) is 0.757. The van der Waals surface area contributed by atoms with E-state index in [1.807, 2.05) is 47.9 Å². The first-order valence-electron chi connectivity index (χ1n) is 6.16. The molecule has 102 valence electrons. The third-order valence-corrected chi connectivity index (χ3v) is 3.82. The number of aryl methyl sites for hydroxylation is 1. The van der Waals surface area contributed by atoms with Crippen molar-refractivity contribution in [3.8, 4) is 11.4 Å². The minimum Gasteiger partial charge on any atom is -0.495 e. The lowest BCUT2D eigenvalue weighted by Crippen LogP contribution is -1.99. The molecule has 0 radical (unpaired) electrons. The number of aromatic nitrogens is 2. The second kappa shape index (κ2) is 4.96. The lowest BCUT2D eigenvalue weighted by atomic mass is 10.2. The Hall–Kier alpha value is -1.78. The van der Waals surface area contributed by atoms with E-state index in [1.54, 1.807) is 7.11 Å². The van der Waals surface area contributed by atoms with Gasteiger partial charge in [-0.2, -0.15) is 0 Å². The Morgan fingerprint density at radius 3 is 2.80 bits per heavy atom. The maximum Gasteiger partial charge on any atom is 0.182 e. The van der Waals surface area contributed by atoms with E-state index >= 15 is 0 Å². The topological polar surface area (TPSA) is 29.9 Å². The summed E-state index contributed by atoms with van der Waals surface area (Å²) in [6.07, 6.45) is 0. The molecule has 2 aromatic carbocycles. The Morgan fingerprint density at radius 2 is 2.05 bits per heavy atom. The molecule has 0 spiro atoms. The van der Waals surface area contributed by atoms with Gasteiger partial charge >= 0.3 is 0 Å². The number of halogens is 1. The number of fused-ring (bicyclic) bond motifs is 1. The van der Waals surface area contributed by atoms with E-state index in [4.69, 9.17) is 28.6 Å². The maximum absolute atomic E-state index is 6.33. The molecule has 0 bridgehead atoms. The lowest BCUT2D eigenvalue weighted by Gasteiger charge is -2.12. The van der Waals surface area contributed by atoms with Gasteiger partial charge in [0, 0.05) is 0 Å². The molecule has 0 atom stereocenters. The number of hydrogen-bond acceptors (Lipinski definition) is 2. The van der Waals surface area contributed by atoms with Gasteiger partial charge in [0.05, 0.1) is 28.9 Å². The Bertz CT molecular complexity index is 851. The third-order valence-electron chi connectivity index (χ3n) is 3.23. The second-order valence-corrected chi connectivity index (χ2v) is 5.37. The van der Waals surface area contributed by atoms with Crippen LogP contribution in [0.2, 0.25) is 5.02 Å². The highest BCUT2D eigenvalue weighted by Crippen LogP contribution is 2.31. The molecule has 3 nitrogen and oxygen atoms in total. The Labute approximate surface area is 126 Å². The number of nitrogens with zero attached hydrogens (tertiary/aromatic N) is 1. The molecule has 0 amide bonds. The number of rotatable bonds is 2. The smallest absolute Gasteiger partial charge is 0.182 e. The van der Waals surface area contributed by atoms with Gasteiger partial charge in [0.2, 0.25) is 0 Å². The zero-order valence-electron chi connectivity index (χ0n) is 11.1. The zero-order chi connectivity index (χ0) is 14.3. The molecule has 0 saturated carbocycles. The molecule has 0 aliphatic rings. The first-order valence-corrected chi connectivity index (χ1v) is 6.94. The average molecular weight is 305 g/mol. The van der Waals surface area contributed by atoms with Crippen LogP contribution in [0.5, 0.6) is 5.75 Å². The summed E-state index contributed by atoms with van der Waals surface area (Å²) in [6, 6.07) is 11.7. The highest BCUT2D eigenvalue weighted by molar-refractivity contribution is 7.71. The number of para-hydroxylation sites is 1. The SMILES string of the molecule is COc1ccc(C)cc1-n1c(=S)[nH]c2cccc(Cl)c21. The molecule has 3 rings (SSSR count). The van der Waals surface area contributed by atoms with Crippen molar-refractivity contribution in [2.75, 3.05) is 7.11 Å². The molecule has 20 heavy (non-hydrogen) atoms. The van der Waals surface area contributed by atoms with E-state index in [1.165, 1.54) is 0 Å². The first-order chi connectivity index (χ1) is 9.61. The van der Waals surface area contributed by atoms with E-state index < -0.39 is 0 Å². The number of methoxy groups -OCH3 is 1. The van der Waals surface area contributed by atoms with E-state index in [9.17, 15) is 0 Å². The van der Waals surface area contributed by atoms with E-state index in [0.29, 0.717) is 9.79 Å². The predicted octanol–water partition coefficient (Wildman–Crippen LogP) is 4.66. The van der Waals surface area contributed by atoms with Gasteiger partial charge in [0.25, 0.3) is 0 Å². The van der Waals surface area contributed by atoms with Crippen LogP contribution in [-0.2, 0) is 0 Å². The van der Waals surface area contributed by atoms with Crippen LogP contribution in [0.1, 0.15) is 5.56 Å². The lowest BCUT2D eigenvalue weighted by molar-refractivity contribution is 0.413. The summed E-state index contributed by atoms with van der Waals surface area (Å²) in [6.45, 7) is 2.03. The molecule has 1 heterocycles. The van der Waals surface area contributed by atoms with Crippen LogP contribution in [-0.4, -0.2) is 16.7 Å². The average Bonchev–Trinajstić information content (AvgIpc) is 2.76. The van der Waals surface area contributed by atoms with E-state index in [0.717, 1.165) is 28.0 Å². The van der Waals surface area contributed by atoms with Crippen molar-refractivity contribution in [3.05, 3.63) is 51.8 Å². The Balaban J connectivity index is 2.44. The summed E-state index contributed by atoms with van der Waals surface area (Å²) in [5.41, 5.74) is 3.79. The first kappa shape index (κ1) is 13.2. The zero-order valence-corrected chi connectivity index (χ0v) is 12.7. The summed E-state index contributed by atoms with van der Waals surface area (Å²) in [7, 11) is 1.65. The molecule has 1 N–H and O–H groups in total.